The molecule has 0 saturated heterocycles. The fraction of sp³-hybridized carbons (Fsp3) is 0.0476. The van der Waals surface area contributed by atoms with E-state index in [-0.39, 0.29) is 0 Å². The topological polar surface area (TPSA) is 61.7 Å². The number of rotatable bonds is 3. The average molecular weight is 407 g/mol. The Kier molecular flexibility index (Phi) is 4.18. The van der Waals surface area contributed by atoms with Crippen molar-refractivity contribution >= 4 is 28.1 Å². The van der Waals surface area contributed by atoms with E-state index < -0.39 is 11.5 Å². The minimum Gasteiger partial charge on any atom is -0.372 e. The zero-order valence-electron chi connectivity index (χ0n) is 13.7. The Morgan fingerprint density at radius 1 is 0.923 bits per heavy atom. The highest BCUT2D eigenvalue weighted by Crippen LogP contribution is 2.47. The van der Waals surface area contributed by atoms with Crippen molar-refractivity contribution in [3.05, 3.63) is 94.0 Å². The molecule has 4 rings (SSSR count). The molecule has 3 aromatic carbocycles. The average Bonchev–Trinajstić information content (AvgIpc) is 2.94. The smallest absolute Gasteiger partial charge is 0.281 e. The Bertz CT molecular complexity index is 984. The van der Waals surface area contributed by atoms with Crippen molar-refractivity contribution < 1.29 is 9.90 Å². The van der Waals surface area contributed by atoms with E-state index in [0.717, 1.165) is 21.2 Å². The minimum absolute atomic E-state index is 0.565. The first kappa shape index (κ1) is 16.7. The first-order valence-corrected chi connectivity index (χ1v) is 8.91. The van der Waals surface area contributed by atoms with Gasteiger partial charge in [-0.2, -0.15) is 5.10 Å². The van der Waals surface area contributed by atoms with Gasteiger partial charge in [0.25, 0.3) is 5.91 Å². The molecule has 0 aromatic heterocycles. The van der Waals surface area contributed by atoms with Gasteiger partial charge < -0.3 is 5.11 Å². The number of carbonyl (C=O) groups excluding carboxylic acids is 1. The predicted molar refractivity (Wildman–Crippen MR) is 105 cm³/mol. The molecule has 0 unspecified atom stereocenters. The van der Waals surface area contributed by atoms with Gasteiger partial charge in [0.15, 0.2) is 5.60 Å². The van der Waals surface area contributed by atoms with E-state index in [0.29, 0.717) is 11.1 Å². The fourth-order valence-corrected chi connectivity index (χ4v) is 3.66. The Morgan fingerprint density at radius 3 is 2.08 bits per heavy atom. The van der Waals surface area contributed by atoms with Crippen LogP contribution in [0.5, 0.6) is 0 Å². The predicted octanol–water partition coefficient (Wildman–Crippen LogP) is 3.82. The molecule has 26 heavy (non-hydrogen) atoms. The highest BCUT2D eigenvalue weighted by Gasteiger charge is 2.47. The SMILES string of the molecule is O=C(NN=Cc1ccccc1Br)C1(O)c2ccccc2-c2ccccc21. The van der Waals surface area contributed by atoms with Crippen molar-refractivity contribution in [1.82, 2.24) is 5.43 Å². The second kappa shape index (κ2) is 6.52. The molecule has 0 radical (unpaired) electrons. The van der Waals surface area contributed by atoms with E-state index in [1.807, 2.05) is 60.7 Å². The first-order chi connectivity index (χ1) is 12.6. The molecule has 0 fully saturated rings. The summed E-state index contributed by atoms with van der Waals surface area (Å²) in [5, 5.41) is 15.3. The molecule has 4 nitrogen and oxygen atoms in total. The minimum atomic E-state index is -1.77. The van der Waals surface area contributed by atoms with Crippen molar-refractivity contribution in [2.75, 3.05) is 0 Å². The molecule has 3 aromatic rings. The normalized spacial score (nSPS) is 14.1. The van der Waals surface area contributed by atoms with Crippen LogP contribution >= 0.6 is 15.9 Å². The van der Waals surface area contributed by atoms with Crippen molar-refractivity contribution in [2.24, 2.45) is 5.10 Å². The van der Waals surface area contributed by atoms with Crippen LogP contribution in [0.15, 0.2) is 82.4 Å². The second-order valence-corrected chi connectivity index (χ2v) is 6.88. The number of amides is 1. The molecule has 0 atom stereocenters. The lowest BCUT2D eigenvalue weighted by atomic mass is 9.91. The first-order valence-electron chi connectivity index (χ1n) is 8.12. The summed E-state index contributed by atoms with van der Waals surface area (Å²) >= 11 is 3.43. The van der Waals surface area contributed by atoms with Crippen molar-refractivity contribution in [2.45, 2.75) is 5.60 Å². The van der Waals surface area contributed by atoms with Gasteiger partial charge in [-0.1, -0.05) is 82.7 Å². The molecular formula is C21H15BrN2O2. The van der Waals surface area contributed by atoms with E-state index in [9.17, 15) is 9.90 Å². The lowest BCUT2D eigenvalue weighted by Crippen LogP contribution is -2.42. The molecule has 2 N–H and O–H groups in total. The number of hydrogen-bond acceptors (Lipinski definition) is 3. The second-order valence-electron chi connectivity index (χ2n) is 6.02. The van der Waals surface area contributed by atoms with Gasteiger partial charge >= 0.3 is 0 Å². The molecule has 0 spiro atoms. The maximum Gasteiger partial charge on any atom is 0.281 e. The lowest BCUT2D eigenvalue weighted by Gasteiger charge is -2.23. The summed E-state index contributed by atoms with van der Waals surface area (Å²) in [6, 6.07) is 22.3. The number of nitrogens with one attached hydrogen (secondary N) is 1. The molecule has 1 aliphatic carbocycles. The monoisotopic (exact) mass is 406 g/mol. The summed E-state index contributed by atoms with van der Waals surface area (Å²) in [5.74, 6) is -0.585. The summed E-state index contributed by atoms with van der Waals surface area (Å²) in [7, 11) is 0. The Morgan fingerprint density at radius 2 is 1.46 bits per heavy atom. The number of carbonyl (C=O) groups is 1. The number of fused-ring (bicyclic) bond motifs is 3. The third-order valence-electron chi connectivity index (χ3n) is 4.53. The number of hydrogen-bond donors (Lipinski definition) is 2. The standard InChI is InChI=1S/C21H15BrN2O2/c22-19-12-6-1-7-14(19)13-23-24-20(25)21(26)17-10-4-2-8-15(17)16-9-3-5-11-18(16)21/h1-13,26H,(H,24,25). The quantitative estimate of drug-likeness (QED) is 0.512. The van der Waals surface area contributed by atoms with Crippen LogP contribution in [0, 0.1) is 0 Å². The van der Waals surface area contributed by atoms with Crippen LogP contribution < -0.4 is 5.43 Å². The van der Waals surface area contributed by atoms with Gasteiger partial charge in [-0.05, 0) is 17.2 Å². The number of benzene rings is 3. The molecule has 0 bridgehead atoms. The third kappa shape index (κ3) is 2.57. The van der Waals surface area contributed by atoms with Gasteiger partial charge in [0, 0.05) is 21.2 Å². The largest absolute Gasteiger partial charge is 0.372 e. The van der Waals surface area contributed by atoms with Crippen molar-refractivity contribution in [3.8, 4) is 11.1 Å². The number of aliphatic hydroxyl groups is 1. The third-order valence-corrected chi connectivity index (χ3v) is 5.25. The van der Waals surface area contributed by atoms with E-state index in [2.05, 4.69) is 26.5 Å². The van der Waals surface area contributed by atoms with Gasteiger partial charge in [0.1, 0.15) is 0 Å². The van der Waals surface area contributed by atoms with Gasteiger partial charge in [-0.15, -0.1) is 0 Å². The zero-order chi connectivity index (χ0) is 18.1. The van der Waals surface area contributed by atoms with Crippen LogP contribution in [0.25, 0.3) is 11.1 Å². The molecule has 0 heterocycles. The van der Waals surface area contributed by atoms with Crippen LogP contribution in [0.1, 0.15) is 16.7 Å². The summed E-state index contributed by atoms with van der Waals surface area (Å²) in [5.41, 5.74) is 4.39. The molecule has 0 saturated carbocycles. The van der Waals surface area contributed by atoms with E-state index in [1.54, 1.807) is 12.1 Å². The van der Waals surface area contributed by atoms with Crippen LogP contribution in [0.4, 0.5) is 0 Å². The van der Waals surface area contributed by atoms with E-state index in [1.165, 1.54) is 6.21 Å². The maximum atomic E-state index is 12.9. The van der Waals surface area contributed by atoms with Gasteiger partial charge in [-0.3, -0.25) is 4.79 Å². The number of hydrazone groups is 1. The summed E-state index contributed by atoms with van der Waals surface area (Å²) in [6.07, 6.45) is 1.54. The van der Waals surface area contributed by atoms with Gasteiger partial charge in [0.05, 0.1) is 6.21 Å². The highest BCUT2D eigenvalue weighted by atomic mass is 79.9. The fourth-order valence-electron chi connectivity index (χ4n) is 3.28. The van der Waals surface area contributed by atoms with Gasteiger partial charge in [0.2, 0.25) is 0 Å². The molecule has 1 amide bonds. The van der Waals surface area contributed by atoms with Crippen molar-refractivity contribution in [3.63, 3.8) is 0 Å². The maximum absolute atomic E-state index is 12.9. The van der Waals surface area contributed by atoms with Crippen LogP contribution in [-0.2, 0) is 10.4 Å². The lowest BCUT2D eigenvalue weighted by molar-refractivity contribution is -0.136. The molecule has 5 heteroatoms. The summed E-state index contributed by atoms with van der Waals surface area (Å²) in [4.78, 5) is 12.9. The van der Waals surface area contributed by atoms with Crippen LogP contribution in [-0.4, -0.2) is 17.2 Å². The molecule has 0 aliphatic heterocycles. The number of halogens is 1. The summed E-state index contributed by atoms with van der Waals surface area (Å²) in [6.45, 7) is 0. The van der Waals surface area contributed by atoms with Gasteiger partial charge in [-0.25, -0.2) is 5.43 Å². The molecule has 128 valence electrons. The van der Waals surface area contributed by atoms with E-state index in [4.69, 9.17) is 0 Å². The Labute approximate surface area is 159 Å². The van der Waals surface area contributed by atoms with Crippen molar-refractivity contribution in [1.29, 1.82) is 0 Å². The van der Waals surface area contributed by atoms with Crippen LogP contribution in [0.3, 0.4) is 0 Å². The highest BCUT2D eigenvalue weighted by molar-refractivity contribution is 9.10. The molecular weight excluding hydrogens is 392 g/mol. The molecule has 1 aliphatic rings. The Balaban J connectivity index is 1.68. The summed E-state index contributed by atoms with van der Waals surface area (Å²) < 4.78 is 0.869. The zero-order valence-corrected chi connectivity index (χ0v) is 15.3. The number of nitrogens with zero attached hydrogens (tertiary/aromatic N) is 1. The van der Waals surface area contributed by atoms with Crippen LogP contribution in [0.2, 0.25) is 0 Å². The van der Waals surface area contributed by atoms with E-state index >= 15 is 0 Å². The Hall–Kier alpha value is -2.76.